The molecular formula is C24H32N6O3S. The molecule has 182 valence electrons. The van der Waals surface area contributed by atoms with Gasteiger partial charge in [0.05, 0.1) is 11.4 Å². The number of nitrogens with zero attached hydrogens (tertiary/aromatic N) is 6. The monoisotopic (exact) mass is 484 g/mol. The van der Waals surface area contributed by atoms with E-state index in [1.54, 1.807) is 28.8 Å². The van der Waals surface area contributed by atoms with Gasteiger partial charge < -0.3 is 14.7 Å². The number of hydrogen-bond donors (Lipinski definition) is 0. The summed E-state index contributed by atoms with van der Waals surface area (Å²) in [5, 5.41) is 0. The molecular weight excluding hydrogens is 452 g/mol. The van der Waals surface area contributed by atoms with Crippen LogP contribution in [0, 0.1) is 0 Å². The fourth-order valence-corrected chi connectivity index (χ4v) is 6.69. The fourth-order valence-electron chi connectivity index (χ4n) is 5.24. The van der Waals surface area contributed by atoms with Crippen LogP contribution in [-0.4, -0.2) is 85.9 Å². The van der Waals surface area contributed by atoms with E-state index in [0.717, 1.165) is 37.2 Å². The summed E-state index contributed by atoms with van der Waals surface area (Å²) < 4.78 is 28.5. The molecule has 2 aromatic rings. The molecule has 3 aliphatic heterocycles. The highest BCUT2D eigenvalue weighted by Gasteiger charge is 2.38. The largest absolute Gasteiger partial charge is 0.361 e. The molecule has 0 unspecified atom stereocenters. The molecule has 4 heterocycles. The van der Waals surface area contributed by atoms with E-state index in [-0.39, 0.29) is 11.3 Å². The third-order valence-electron chi connectivity index (χ3n) is 7.12. The molecule has 34 heavy (non-hydrogen) atoms. The lowest BCUT2D eigenvalue weighted by Gasteiger charge is -2.34. The Kier molecular flexibility index (Phi) is 5.97. The highest BCUT2D eigenvalue weighted by Crippen LogP contribution is 2.42. The number of hydrogen-bond acceptors (Lipinski definition) is 7. The molecule has 1 aromatic heterocycles. The van der Waals surface area contributed by atoms with Gasteiger partial charge in [0.15, 0.2) is 0 Å². The molecule has 3 aliphatic rings. The van der Waals surface area contributed by atoms with Crippen molar-refractivity contribution in [1.82, 2.24) is 19.2 Å². The third-order valence-corrected chi connectivity index (χ3v) is 9.01. The van der Waals surface area contributed by atoms with Crippen LogP contribution >= 0.6 is 0 Å². The van der Waals surface area contributed by atoms with E-state index in [1.807, 2.05) is 21.9 Å². The van der Waals surface area contributed by atoms with Crippen LogP contribution in [0.4, 0.5) is 11.6 Å². The van der Waals surface area contributed by atoms with Crippen LogP contribution in [-0.2, 0) is 20.2 Å². The van der Waals surface area contributed by atoms with Crippen molar-refractivity contribution in [2.24, 2.45) is 0 Å². The molecule has 0 radical (unpaired) electrons. The number of piperazine rings is 1. The molecule has 2 saturated heterocycles. The van der Waals surface area contributed by atoms with Crippen molar-refractivity contribution in [3.05, 3.63) is 42.2 Å². The number of amides is 1. The minimum atomic E-state index is -3.62. The van der Waals surface area contributed by atoms with Gasteiger partial charge in [-0.1, -0.05) is 13.8 Å². The van der Waals surface area contributed by atoms with Gasteiger partial charge in [-0.15, -0.1) is 0 Å². The summed E-state index contributed by atoms with van der Waals surface area (Å²) in [7, 11) is -3.62. The molecule has 0 spiro atoms. The Morgan fingerprint density at radius 3 is 2.35 bits per heavy atom. The summed E-state index contributed by atoms with van der Waals surface area (Å²) in [5.41, 5.74) is 1.71. The number of carbonyl (C=O) groups is 1. The maximum absolute atomic E-state index is 13.5. The number of fused-ring (bicyclic) bond motifs is 1. The van der Waals surface area contributed by atoms with E-state index < -0.39 is 10.0 Å². The van der Waals surface area contributed by atoms with Crippen LogP contribution in [0.2, 0.25) is 0 Å². The normalized spacial score (nSPS) is 20.6. The minimum Gasteiger partial charge on any atom is -0.361 e. The Balaban J connectivity index is 1.32. The maximum Gasteiger partial charge on any atom is 0.243 e. The van der Waals surface area contributed by atoms with Gasteiger partial charge in [-0.2, -0.15) is 4.31 Å². The van der Waals surface area contributed by atoms with Crippen molar-refractivity contribution in [2.75, 3.05) is 62.2 Å². The first-order valence-corrected chi connectivity index (χ1v) is 13.4. The van der Waals surface area contributed by atoms with Crippen LogP contribution in [0.3, 0.4) is 0 Å². The van der Waals surface area contributed by atoms with E-state index >= 15 is 0 Å². The zero-order valence-electron chi connectivity index (χ0n) is 19.9. The van der Waals surface area contributed by atoms with Crippen molar-refractivity contribution in [3.63, 3.8) is 0 Å². The smallest absolute Gasteiger partial charge is 0.243 e. The SMILES string of the molecule is CC1(C)CN(CC(=O)N2CCCC2)c2ccc(S(=O)(=O)N3CCN(c4ncccn4)CC3)cc21. The molecule has 2 fully saturated rings. The zero-order valence-corrected chi connectivity index (χ0v) is 20.7. The van der Waals surface area contributed by atoms with Gasteiger partial charge in [0, 0.05) is 69.3 Å². The summed E-state index contributed by atoms with van der Waals surface area (Å²) >= 11 is 0. The van der Waals surface area contributed by atoms with E-state index in [1.165, 1.54) is 0 Å². The lowest BCUT2D eigenvalue weighted by Crippen LogP contribution is -2.49. The molecule has 9 nitrogen and oxygen atoms in total. The van der Waals surface area contributed by atoms with Crippen LogP contribution in [0.15, 0.2) is 41.6 Å². The summed E-state index contributed by atoms with van der Waals surface area (Å²) in [5.74, 6) is 0.778. The number of carbonyl (C=O) groups excluding carboxylic acids is 1. The van der Waals surface area contributed by atoms with Crippen molar-refractivity contribution < 1.29 is 13.2 Å². The molecule has 0 aliphatic carbocycles. The van der Waals surface area contributed by atoms with Gasteiger partial charge in [-0.05, 0) is 42.7 Å². The number of aromatic nitrogens is 2. The van der Waals surface area contributed by atoms with Gasteiger partial charge in [0.2, 0.25) is 21.9 Å². The molecule has 0 atom stereocenters. The second-order valence-corrected chi connectivity index (χ2v) is 11.9. The zero-order chi connectivity index (χ0) is 23.9. The number of rotatable bonds is 5. The summed E-state index contributed by atoms with van der Waals surface area (Å²) in [4.78, 5) is 27.7. The Morgan fingerprint density at radius 2 is 1.68 bits per heavy atom. The van der Waals surface area contributed by atoms with Gasteiger partial charge in [0.25, 0.3) is 0 Å². The highest BCUT2D eigenvalue weighted by atomic mass is 32.2. The molecule has 1 aromatic carbocycles. The van der Waals surface area contributed by atoms with E-state index in [4.69, 9.17) is 0 Å². The van der Waals surface area contributed by atoms with Crippen molar-refractivity contribution in [1.29, 1.82) is 0 Å². The van der Waals surface area contributed by atoms with Crippen LogP contribution in [0.1, 0.15) is 32.3 Å². The number of sulfonamides is 1. The first-order valence-electron chi connectivity index (χ1n) is 12.0. The van der Waals surface area contributed by atoms with Gasteiger partial charge in [0.1, 0.15) is 0 Å². The highest BCUT2D eigenvalue weighted by molar-refractivity contribution is 7.89. The lowest BCUT2D eigenvalue weighted by atomic mass is 9.87. The van der Waals surface area contributed by atoms with Crippen LogP contribution in [0.25, 0.3) is 0 Å². The molecule has 5 rings (SSSR count). The van der Waals surface area contributed by atoms with Gasteiger partial charge >= 0.3 is 0 Å². The van der Waals surface area contributed by atoms with E-state index in [9.17, 15) is 13.2 Å². The molecule has 0 saturated carbocycles. The average Bonchev–Trinajstić information content (AvgIpc) is 3.46. The summed E-state index contributed by atoms with van der Waals surface area (Å²) in [6.45, 7) is 8.80. The first kappa shape index (κ1) is 23.0. The Morgan fingerprint density at radius 1 is 1.00 bits per heavy atom. The summed E-state index contributed by atoms with van der Waals surface area (Å²) in [6.07, 6.45) is 5.53. The molecule has 1 amide bonds. The van der Waals surface area contributed by atoms with E-state index in [0.29, 0.717) is 50.1 Å². The second-order valence-electron chi connectivity index (χ2n) is 9.95. The predicted molar refractivity (Wildman–Crippen MR) is 130 cm³/mol. The average molecular weight is 485 g/mol. The topological polar surface area (TPSA) is 90.0 Å². The Labute approximate surface area is 201 Å². The summed E-state index contributed by atoms with van der Waals surface area (Å²) in [6, 6.07) is 7.15. The van der Waals surface area contributed by atoms with Crippen molar-refractivity contribution >= 4 is 27.6 Å². The number of anilines is 2. The number of likely N-dealkylation sites (tertiary alicyclic amines) is 1. The van der Waals surface area contributed by atoms with Crippen molar-refractivity contribution in [2.45, 2.75) is 37.0 Å². The minimum absolute atomic E-state index is 0.151. The Hall–Kier alpha value is -2.72. The predicted octanol–water partition coefficient (Wildman–Crippen LogP) is 1.71. The molecule has 0 N–H and O–H groups in total. The number of benzene rings is 1. The first-order chi connectivity index (χ1) is 16.3. The fraction of sp³-hybridized carbons (Fsp3) is 0.542. The maximum atomic E-state index is 13.5. The lowest BCUT2D eigenvalue weighted by molar-refractivity contribution is -0.128. The molecule has 0 bridgehead atoms. The van der Waals surface area contributed by atoms with Gasteiger partial charge in [-0.3, -0.25) is 4.79 Å². The third kappa shape index (κ3) is 4.24. The van der Waals surface area contributed by atoms with Crippen LogP contribution in [0.5, 0.6) is 0 Å². The Bertz CT molecular complexity index is 1160. The standard InChI is InChI=1S/C24H32N6O3S/c1-24(2)18-29(17-22(31)27-10-3-4-11-27)21-7-6-19(16-20(21)24)34(32,33)30-14-12-28(13-15-30)23-25-8-5-9-26-23/h5-9,16H,3-4,10-15,17-18H2,1-2H3. The van der Waals surface area contributed by atoms with Crippen LogP contribution < -0.4 is 9.80 Å². The molecule has 10 heteroatoms. The van der Waals surface area contributed by atoms with Gasteiger partial charge in [-0.25, -0.2) is 18.4 Å². The van der Waals surface area contributed by atoms with Crippen molar-refractivity contribution in [3.8, 4) is 0 Å². The quantitative estimate of drug-likeness (QED) is 0.638. The second kappa shape index (κ2) is 8.81. The van der Waals surface area contributed by atoms with E-state index in [2.05, 4.69) is 28.7 Å².